The molecule has 0 amide bonds. The monoisotopic (exact) mass is 215 g/mol. The Morgan fingerprint density at radius 2 is 1.88 bits per heavy atom. The highest BCUT2D eigenvalue weighted by Gasteiger charge is 2.15. The van der Waals surface area contributed by atoms with E-state index in [1.807, 2.05) is 0 Å². The molecule has 1 aromatic heterocycles. The molecule has 2 rings (SSSR count). The van der Waals surface area contributed by atoms with E-state index in [9.17, 15) is 14.7 Å². The molecule has 0 saturated heterocycles. The van der Waals surface area contributed by atoms with Crippen molar-refractivity contribution in [2.75, 3.05) is 0 Å². The minimum Gasteiger partial charge on any atom is -0.545 e. The SMILES string of the molecule is O=C([O-])c1ccccc1C(=O)c1ncc[nH]1. The Labute approximate surface area is 90.8 Å². The number of carboxylic acid groups (broad SMARTS) is 1. The summed E-state index contributed by atoms with van der Waals surface area (Å²) in [5, 5.41) is 10.8. The second-order valence-electron chi connectivity index (χ2n) is 3.10. The van der Waals surface area contributed by atoms with Crippen LogP contribution in [0.3, 0.4) is 0 Å². The predicted octanol–water partition coefficient (Wildman–Crippen LogP) is 0.00420. The Balaban J connectivity index is 2.49. The van der Waals surface area contributed by atoms with E-state index in [0.29, 0.717) is 0 Å². The normalized spacial score (nSPS) is 10.0. The van der Waals surface area contributed by atoms with Gasteiger partial charge in [-0.1, -0.05) is 24.3 Å². The van der Waals surface area contributed by atoms with Crippen molar-refractivity contribution < 1.29 is 14.7 Å². The molecule has 0 fully saturated rings. The Morgan fingerprint density at radius 3 is 2.44 bits per heavy atom. The highest BCUT2D eigenvalue weighted by molar-refractivity contribution is 6.12. The van der Waals surface area contributed by atoms with Crippen molar-refractivity contribution in [2.24, 2.45) is 0 Å². The number of carboxylic acids is 1. The number of imidazole rings is 1. The summed E-state index contributed by atoms with van der Waals surface area (Å²) in [6, 6.07) is 5.87. The van der Waals surface area contributed by atoms with Crippen LogP contribution in [0, 0.1) is 0 Å². The van der Waals surface area contributed by atoms with Crippen LogP contribution in [0.5, 0.6) is 0 Å². The summed E-state index contributed by atoms with van der Waals surface area (Å²) in [4.78, 5) is 29.1. The summed E-state index contributed by atoms with van der Waals surface area (Å²) in [5.74, 6) is -1.74. The quantitative estimate of drug-likeness (QED) is 0.730. The lowest BCUT2D eigenvalue weighted by molar-refractivity contribution is -0.255. The molecule has 0 atom stereocenters. The molecule has 5 nitrogen and oxygen atoms in total. The van der Waals surface area contributed by atoms with Crippen molar-refractivity contribution in [3.05, 3.63) is 53.6 Å². The van der Waals surface area contributed by atoms with Crippen molar-refractivity contribution >= 4 is 11.8 Å². The standard InChI is InChI=1S/C11H8N2O3/c14-9(10-12-5-6-13-10)7-3-1-2-4-8(7)11(15)16/h1-6H,(H,12,13)(H,15,16)/p-1. The molecule has 0 saturated carbocycles. The lowest BCUT2D eigenvalue weighted by atomic mass is 10.0. The van der Waals surface area contributed by atoms with E-state index in [0.717, 1.165) is 0 Å². The van der Waals surface area contributed by atoms with Crippen LogP contribution >= 0.6 is 0 Å². The number of aromatic nitrogens is 2. The Morgan fingerprint density at radius 1 is 1.19 bits per heavy atom. The molecule has 0 aliphatic rings. The molecule has 1 heterocycles. The fourth-order valence-electron chi connectivity index (χ4n) is 1.38. The largest absolute Gasteiger partial charge is 0.545 e. The van der Waals surface area contributed by atoms with E-state index in [2.05, 4.69) is 9.97 Å². The molecule has 0 aliphatic heterocycles. The van der Waals surface area contributed by atoms with Gasteiger partial charge in [0, 0.05) is 23.5 Å². The number of nitrogens with one attached hydrogen (secondary N) is 1. The third-order valence-corrected chi connectivity index (χ3v) is 2.10. The number of hydrogen-bond acceptors (Lipinski definition) is 4. The number of carbonyl (C=O) groups excluding carboxylic acids is 2. The Kier molecular flexibility index (Phi) is 2.51. The van der Waals surface area contributed by atoms with Crippen LogP contribution in [0.15, 0.2) is 36.7 Å². The van der Waals surface area contributed by atoms with Gasteiger partial charge < -0.3 is 14.9 Å². The fraction of sp³-hybridized carbons (Fsp3) is 0. The third kappa shape index (κ3) is 1.70. The summed E-state index contributed by atoms with van der Waals surface area (Å²) < 4.78 is 0. The Hall–Kier alpha value is -2.43. The summed E-state index contributed by atoms with van der Waals surface area (Å²) in [6.07, 6.45) is 2.92. The molecule has 16 heavy (non-hydrogen) atoms. The summed E-state index contributed by atoms with van der Waals surface area (Å²) >= 11 is 0. The first kappa shape index (κ1) is 10.1. The van der Waals surface area contributed by atoms with Crippen molar-refractivity contribution in [2.45, 2.75) is 0 Å². The number of aromatic amines is 1. The molecular weight excluding hydrogens is 208 g/mol. The highest BCUT2D eigenvalue weighted by atomic mass is 16.4. The van der Waals surface area contributed by atoms with Crippen LogP contribution in [0.25, 0.3) is 0 Å². The molecule has 0 aliphatic carbocycles. The number of nitrogens with zero attached hydrogens (tertiary/aromatic N) is 1. The zero-order valence-corrected chi connectivity index (χ0v) is 8.14. The number of rotatable bonds is 3. The number of ketones is 1. The van der Waals surface area contributed by atoms with Gasteiger partial charge in [0.15, 0.2) is 5.82 Å². The van der Waals surface area contributed by atoms with E-state index in [1.165, 1.54) is 30.6 Å². The lowest BCUT2D eigenvalue weighted by Gasteiger charge is -2.07. The smallest absolute Gasteiger partial charge is 0.228 e. The molecule has 80 valence electrons. The van der Waals surface area contributed by atoms with Crippen LogP contribution in [-0.2, 0) is 0 Å². The number of hydrogen-bond donors (Lipinski definition) is 1. The van der Waals surface area contributed by atoms with E-state index in [-0.39, 0.29) is 17.0 Å². The number of carbonyl (C=O) groups is 2. The maximum absolute atomic E-state index is 11.8. The molecular formula is C11H7N2O3-. The first-order chi connectivity index (χ1) is 7.70. The maximum Gasteiger partial charge on any atom is 0.228 e. The first-order valence-corrected chi connectivity index (χ1v) is 4.54. The molecule has 1 N–H and O–H groups in total. The molecule has 0 radical (unpaired) electrons. The van der Waals surface area contributed by atoms with Gasteiger partial charge in [-0.25, -0.2) is 4.98 Å². The van der Waals surface area contributed by atoms with E-state index in [4.69, 9.17) is 0 Å². The zero-order valence-electron chi connectivity index (χ0n) is 8.14. The summed E-state index contributed by atoms with van der Waals surface area (Å²) in [7, 11) is 0. The van der Waals surface area contributed by atoms with Gasteiger partial charge in [0.05, 0.1) is 5.97 Å². The van der Waals surface area contributed by atoms with Crippen molar-refractivity contribution in [1.29, 1.82) is 0 Å². The van der Waals surface area contributed by atoms with Crippen molar-refractivity contribution in [1.82, 2.24) is 9.97 Å². The second-order valence-corrected chi connectivity index (χ2v) is 3.10. The third-order valence-electron chi connectivity index (χ3n) is 2.10. The maximum atomic E-state index is 11.8. The molecule has 0 unspecified atom stereocenters. The van der Waals surface area contributed by atoms with Gasteiger partial charge >= 0.3 is 0 Å². The predicted molar refractivity (Wildman–Crippen MR) is 52.8 cm³/mol. The van der Waals surface area contributed by atoms with Crippen LogP contribution < -0.4 is 5.11 Å². The molecule has 2 aromatic rings. The van der Waals surface area contributed by atoms with Crippen molar-refractivity contribution in [3.63, 3.8) is 0 Å². The lowest BCUT2D eigenvalue weighted by Crippen LogP contribution is -2.25. The molecule has 0 bridgehead atoms. The van der Waals surface area contributed by atoms with Gasteiger partial charge in [-0.3, -0.25) is 4.79 Å². The molecule has 5 heteroatoms. The van der Waals surface area contributed by atoms with Crippen LogP contribution in [-0.4, -0.2) is 21.7 Å². The van der Waals surface area contributed by atoms with Gasteiger partial charge in [-0.2, -0.15) is 0 Å². The second kappa shape index (κ2) is 3.98. The molecule has 1 aromatic carbocycles. The van der Waals surface area contributed by atoms with Gasteiger partial charge in [0.2, 0.25) is 5.78 Å². The average molecular weight is 215 g/mol. The van der Waals surface area contributed by atoms with E-state index in [1.54, 1.807) is 6.07 Å². The number of benzene rings is 1. The van der Waals surface area contributed by atoms with Gasteiger partial charge in [0.1, 0.15) is 0 Å². The first-order valence-electron chi connectivity index (χ1n) is 4.54. The topological polar surface area (TPSA) is 85.9 Å². The Bertz CT molecular complexity index is 532. The van der Waals surface area contributed by atoms with Gasteiger partial charge in [-0.05, 0) is 0 Å². The van der Waals surface area contributed by atoms with Crippen molar-refractivity contribution in [3.8, 4) is 0 Å². The van der Waals surface area contributed by atoms with Crippen LogP contribution in [0.1, 0.15) is 26.5 Å². The zero-order chi connectivity index (χ0) is 11.5. The minimum absolute atomic E-state index is 0.0671. The summed E-state index contributed by atoms with van der Waals surface area (Å²) in [6.45, 7) is 0. The van der Waals surface area contributed by atoms with E-state index >= 15 is 0 Å². The van der Waals surface area contributed by atoms with Crippen LogP contribution in [0.2, 0.25) is 0 Å². The average Bonchev–Trinajstić information content (AvgIpc) is 2.81. The fourth-order valence-corrected chi connectivity index (χ4v) is 1.38. The van der Waals surface area contributed by atoms with Gasteiger partial charge in [-0.15, -0.1) is 0 Å². The molecule has 0 spiro atoms. The van der Waals surface area contributed by atoms with Crippen LogP contribution in [0.4, 0.5) is 0 Å². The minimum atomic E-state index is -1.38. The van der Waals surface area contributed by atoms with E-state index < -0.39 is 11.8 Å². The van der Waals surface area contributed by atoms with Gasteiger partial charge in [0.25, 0.3) is 0 Å². The highest BCUT2D eigenvalue weighted by Crippen LogP contribution is 2.11. The number of aromatic carboxylic acids is 1. The summed E-state index contributed by atoms with van der Waals surface area (Å²) in [5.41, 5.74) is -0.0682. The number of H-pyrrole nitrogens is 1.